The smallest absolute Gasteiger partial charge is 0.265 e. The summed E-state index contributed by atoms with van der Waals surface area (Å²) in [5.41, 5.74) is 2.62. The third-order valence-corrected chi connectivity index (χ3v) is 3.78. The van der Waals surface area contributed by atoms with Crippen LogP contribution in [0.5, 0.6) is 0 Å². The Morgan fingerprint density at radius 3 is 2.47 bits per heavy atom. The molecule has 0 atom stereocenters. The third kappa shape index (κ3) is 1.93. The minimum Gasteiger partial charge on any atom is -0.309 e. The topological polar surface area (TPSA) is 45.8 Å². The fraction of sp³-hybridized carbons (Fsp3) is 0.231. The fourth-order valence-corrected chi connectivity index (χ4v) is 2.55. The van der Waals surface area contributed by atoms with Crippen LogP contribution in [0, 0.1) is 0 Å². The molecule has 0 saturated carbocycles. The number of fused-ring (bicyclic) bond motifs is 1. The van der Waals surface area contributed by atoms with Crippen molar-refractivity contribution in [1.82, 2.24) is 9.97 Å². The summed E-state index contributed by atoms with van der Waals surface area (Å²) in [6.07, 6.45) is 3.50. The van der Waals surface area contributed by atoms with E-state index in [1.807, 2.05) is 0 Å². The van der Waals surface area contributed by atoms with Gasteiger partial charge in [-0.3, -0.25) is 4.79 Å². The van der Waals surface area contributed by atoms with Crippen LogP contribution in [0.25, 0.3) is 0 Å². The minimum absolute atomic E-state index is 0.106. The molecule has 1 heterocycles. The number of nitrogens with one attached hydrogen (secondary N) is 1. The van der Waals surface area contributed by atoms with E-state index in [0.717, 1.165) is 18.7 Å². The van der Waals surface area contributed by atoms with Crippen LogP contribution in [0.2, 0.25) is 0 Å². The van der Waals surface area contributed by atoms with E-state index in [-0.39, 0.29) is 5.56 Å². The predicted octanol–water partition coefficient (Wildman–Crippen LogP) is 2.41. The van der Waals surface area contributed by atoms with Crippen LogP contribution >= 0.6 is 15.9 Å². The fourth-order valence-electron chi connectivity index (χ4n) is 2.35. The SMILES string of the molecule is O=c1[nH]c(C2Cc3ccccc3C2)ncc1Br. The molecule has 0 amide bonds. The van der Waals surface area contributed by atoms with Crippen molar-refractivity contribution in [3.63, 3.8) is 0 Å². The van der Waals surface area contributed by atoms with Crippen molar-refractivity contribution >= 4 is 15.9 Å². The molecule has 2 aromatic rings. The lowest BCUT2D eigenvalue weighted by Gasteiger charge is -2.07. The molecule has 0 saturated heterocycles. The zero-order valence-corrected chi connectivity index (χ0v) is 10.7. The van der Waals surface area contributed by atoms with Crippen molar-refractivity contribution in [1.29, 1.82) is 0 Å². The van der Waals surface area contributed by atoms with Crippen LogP contribution in [0.3, 0.4) is 0 Å². The lowest BCUT2D eigenvalue weighted by molar-refractivity contribution is 0.676. The first-order chi connectivity index (χ1) is 8.24. The number of rotatable bonds is 1. The van der Waals surface area contributed by atoms with Crippen molar-refractivity contribution in [2.24, 2.45) is 0 Å². The van der Waals surface area contributed by atoms with Gasteiger partial charge in [0.15, 0.2) is 0 Å². The van der Waals surface area contributed by atoms with Crippen molar-refractivity contribution < 1.29 is 0 Å². The molecule has 0 fully saturated rings. The lowest BCUT2D eigenvalue weighted by Crippen LogP contribution is -2.14. The molecule has 0 radical (unpaired) electrons. The highest BCUT2D eigenvalue weighted by Crippen LogP contribution is 2.31. The van der Waals surface area contributed by atoms with Gasteiger partial charge in [0.05, 0.1) is 0 Å². The van der Waals surface area contributed by atoms with Crippen LogP contribution in [-0.2, 0) is 12.8 Å². The second-order valence-corrected chi connectivity index (χ2v) is 5.17. The normalized spacial score (nSPS) is 14.9. The maximum atomic E-state index is 11.5. The first-order valence-electron chi connectivity index (χ1n) is 5.55. The summed E-state index contributed by atoms with van der Waals surface area (Å²) < 4.78 is 0.483. The van der Waals surface area contributed by atoms with E-state index in [2.05, 4.69) is 50.2 Å². The van der Waals surface area contributed by atoms with E-state index in [0.29, 0.717) is 10.4 Å². The molecule has 1 aromatic heterocycles. The van der Waals surface area contributed by atoms with Gasteiger partial charge in [0, 0.05) is 12.1 Å². The van der Waals surface area contributed by atoms with E-state index in [1.165, 1.54) is 11.1 Å². The molecule has 0 bridgehead atoms. The molecule has 86 valence electrons. The number of aromatic nitrogens is 2. The Morgan fingerprint density at radius 2 is 1.88 bits per heavy atom. The molecule has 4 heteroatoms. The van der Waals surface area contributed by atoms with Gasteiger partial charge >= 0.3 is 0 Å². The summed E-state index contributed by atoms with van der Waals surface area (Å²) in [6, 6.07) is 8.40. The summed E-state index contributed by atoms with van der Waals surface area (Å²) >= 11 is 3.16. The van der Waals surface area contributed by atoms with E-state index >= 15 is 0 Å². The Balaban J connectivity index is 1.94. The Hall–Kier alpha value is -1.42. The predicted molar refractivity (Wildman–Crippen MR) is 69.1 cm³/mol. The number of H-pyrrole nitrogens is 1. The summed E-state index contributed by atoms with van der Waals surface area (Å²) in [6.45, 7) is 0. The van der Waals surface area contributed by atoms with E-state index < -0.39 is 0 Å². The number of nitrogens with zero attached hydrogens (tertiary/aromatic N) is 1. The van der Waals surface area contributed by atoms with Gasteiger partial charge in [-0.25, -0.2) is 4.98 Å². The number of benzene rings is 1. The Kier molecular flexibility index (Phi) is 2.59. The van der Waals surface area contributed by atoms with E-state index in [1.54, 1.807) is 6.20 Å². The Bertz CT molecular complexity index is 596. The highest BCUT2D eigenvalue weighted by Gasteiger charge is 2.24. The van der Waals surface area contributed by atoms with Crippen molar-refractivity contribution in [2.75, 3.05) is 0 Å². The number of aromatic amines is 1. The van der Waals surface area contributed by atoms with Gasteiger partial charge in [0.1, 0.15) is 10.3 Å². The zero-order valence-electron chi connectivity index (χ0n) is 9.11. The molecule has 1 aliphatic rings. The second-order valence-electron chi connectivity index (χ2n) is 4.32. The number of hydrogen-bond donors (Lipinski definition) is 1. The number of halogens is 1. The average Bonchev–Trinajstić information content (AvgIpc) is 2.76. The summed E-state index contributed by atoms with van der Waals surface area (Å²) in [4.78, 5) is 18.7. The molecule has 0 aliphatic heterocycles. The van der Waals surface area contributed by atoms with Crippen molar-refractivity contribution in [2.45, 2.75) is 18.8 Å². The highest BCUT2D eigenvalue weighted by atomic mass is 79.9. The molecular weight excluding hydrogens is 280 g/mol. The molecule has 1 aliphatic carbocycles. The Morgan fingerprint density at radius 1 is 1.24 bits per heavy atom. The monoisotopic (exact) mass is 290 g/mol. The molecule has 3 nitrogen and oxygen atoms in total. The third-order valence-electron chi connectivity index (χ3n) is 3.21. The van der Waals surface area contributed by atoms with Gasteiger partial charge in [0.2, 0.25) is 0 Å². The van der Waals surface area contributed by atoms with Crippen molar-refractivity contribution in [3.05, 3.63) is 62.2 Å². The van der Waals surface area contributed by atoms with Gasteiger partial charge in [-0.05, 0) is 39.9 Å². The molecule has 17 heavy (non-hydrogen) atoms. The Labute approximate surface area is 107 Å². The largest absolute Gasteiger partial charge is 0.309 e. The summed E-state index contributed by atoms with van der Waals surface area (Å²) in [7, 11) is 0. The van der Waals surface area contributed by atoms with Gasteiger partial charge in [-0.15, -0.1) is 0 Å². The van der Waals surface area contributed by atoms with Gasteiger partial charge < -0.3 is 4.98 Å². The van der Waals surface area contributed by atoms with Crippen molar-refractivity contribution in [3.8, 4) is 0 Å². The zero-order chi connectivity index (χ0) is 11.8. The molecule has 0 spiro atoms. The maximum absolute atomic E-state index is 11.5. The first-order valence-corrected chi connectivity index (χ1v) is 6.35. The molecular formula is C13H11BrN2O. The van der Waals surface area contributed by atoms with E-state index in [9.17, 15) is 4.79 Å². The standard InChI is InChI=1S/C13H11BrN2O/c14-11-7-15-12(16-13(11)17)10-5-8-3-1-2-4-9(8)6-10/h1-4,7,10H,5-6H2,(H,15,16,17). The quantitative estimate of drug-likeness (QED) is 0.877. The summed E-state index contributed by atoms with van der Waals surface area (Å²) in [5.74, 6) is 1.09. The van der Waals surface area contributed by atoms with E-state index in [4.69, 9.17) is 0 Å². The molecule has 3 rings (SSSR count). The average molecular weight is 291 g/mol. The highest BCUT2D eigenvalue weighted by molar-refractivity contribution is 9.10. The number of hydrogen-bond acceptors (Lipinski definition) is 2. The summed E-state index contributed by atoms with van der Waals surface area (Å²) in [5, 5.41) is 0. The molecule has 1 N–H and O–H groups in total. The van der Waals surface area contributed by atoms with Crippen LogP contribution in [-0.4, -0.2) is 9.97 Å². The van der Waals surface area contributed by atoms with Gasteiger partial charge in [0.25, 0.3) is 5.56 Å². The lowest BCUT2D eigenvalue weighted by atomic mass is 10.1. The molecule has 1 aromatic carbocycles. The van der Waals surface area contributed by atoms with Gasteiger partial charge in [-0.1, -0.05) is 24.3 Å². The van der Waals surface area contributed by atoms with Crippen LogP contribution in [0.4, 0.5) is 0 Å². The second kappa shape index (κ2) is 4.11. The first kappa shape index (κ1) is 10.7. The van der Waals surface area contributed by atoms with Crippen LogP contribution in [0.15, 0.2) is 39.7 Å². The van der Waals surface area contributed by atoms with Crippen LogP contribution in [0.1, 0.15) is 22.9 Å². The van der Waals surface area contributed by atoms with Gasteiger partial charge in [-0.2, -0.15) is 0 Å². The minimum atomic E-state index is -0.106. The van der Waals surface area contributed by atoms with Crippen LogP contribution < -0.4 is 5.56 Å². The maximum Gasteiger partial charge on any atom is 0.265 e. The molecule has 0 unspecified atom stereocenters.